The molecule has 0 heterocycles. The largest absolute Gasteiger partial charge is 0.288 e. The first-order chi connectivity index (χ1) is 8.09. The molecule has 1 nitrogen and oxygen atoms in total. The third-order valence-corrected chi connectivity index (χ3v) is 2.29. The van der Waals surface area contributed by atoms with Crippen LogP contribution in [0.3, 0.4) is 0 Å². The fourth-order valence-electron chi connectivity index (χ4n) is 1.46. The van der Waals surface area contributed by atoms with Crippen LogP contribution in [0.25, 0.3) is 0 Å². The van der Waals surface area contributed by atoms with E-state index in [-0.39, 0.29) is 11.1 Å². The number of benzene rings is 2. The van der Waals surface area contributed by atoms with Crippen LogP contribution in [0.2, 0.25) is 0 Å². The van der Waals surface area contributed by atoms with Crippen molar-refractivity contribution in [1.29, 1.82) is 0 Å². The highest BCUT2D eigenvalue weighted by molar-refractivity contribution is 6.09. The molecule has 0 radical (unpaired) electrons. The van der Waals surface area contributed by atoms with Crippen LogP contribution < -0.4 is 0 Å². The monoisotopic (exact) mass is 236 g/mol. The quantitative estimate of drug-likeness (QED) is 0.731. The Kier molecular flexibility index (Phi) is 2.95. The maximum absolute atomic E-state index is 13.3. The summed E-state index contributed by atoms with van der Waals surface area (Å²) in [6.07, 6.45) is 0. The van der Waals surface area contributed by atoms with Gasteiger partial charge in [-0.1, -0.05) is 12.1 Å². The zero-order valence-corrected chi connectivity index (χ0v) is 8.58. The molecule has 0 spiro atoms. The average Bonchev–Trinajstić information content (AvgIpc) is 2.29. The van der Waals surface area contributed by atoms with E-state index in [2.05, 4.69) is 0 Å². The van der Waals surface area contributed by atoms with Crippen LogP contribution in [-0.4, -0.2) is 5.78 Å². The Morgan fingerprint density at radius 1 is 0.824 bits per heavy atom. The third-order valence-electron chi connectivity index (χ3n) is 2.29. The van der Waals surface area contributed by atoms with E-state index in [9.17, 15) is 18.0 Å². The summed E-state index contributed by atoms with van der Waals surface area (Å²) in [6, 6.07) is 7.80. The summed E-state index contributed by atoms with van der Waals surface area (Å²) in [7, 11) is 0. The van der Waals surface area contributed by atoms with Gasteiger partial charge in [0.05, 0.1) is 11.1 Å². The summed E-state index contributed by atoms with van der Waals surface area (Å²) in [6.45, 7) is 0. The highest BCUT2D eigenvalue weighted by Gasteiger charge is 2.17. The van der Waals surface area contributed by atoms with Crippen molar-refractivity contribution in [3.63, 3.8) is 0 Å². The minimum absolute atomic E-state index is 0.238. The molecule has 0 amide bonds. The first kappa shape index (κ1) is 11.4. The number of rotatable bonds is 2. The van der Waals surface area contributed by atoms with Crippen molar-refractivity contribution in [1.82, 2.24) is 0 Å². The van der Waals surface area contributed by atoms with Crippen molar-refractivity contribution >= 4 is 5.78 Å². The van der Waals surface area contributed by atoms with Gasteiger partial charge in [0.1, 0.15) is 17.5 Å². The molecule has 0 aliphatic heterocycles. The lowest BCUT2D eigenvalue weighted by molar-refractivity contribution is 0.103. The molecule has 2 rings (SSSR count). The number of halogens is 3. The van der Waals surface area contributed by atoms with Gasteiger partial charge >= 0.3 is 0 Å². The van der Waals surface area contributed by atoms with Crippen molar-refractivity contribution in [2.45, 2.75) is 0 Å². The predicted octanol–water partition coefficient (Wildman–Crippen LogP) is 3.33. The molecule has 0 atom stereocenters. The minimum atomic E-state index is -1.00. The summed E-state index contributed by atoms with van der Waals surface area (Å²) in [5.74, 6) is -3.33. The molecule has 0 aliphatic carbocycles. The maximum Gasteiger partial charge on any atom is 0.198 e. The van der Waals surface area contributed by atoms with E-state index in [1.807, 2.05) is 0 Å². The average molecular weight is 236 g/mol. The van der Waals surface area contributed by atoms with Crippen molar-refractivity contribution in [2.24, 2.45) is 0 Å². The lowest BCUT2D eigenvalue weighted by Gasteiger charge is -2.03. The van der Waals surface area contributed by atoms with Gasteiger partial charge in [0.2, 0.25) is 0 Å². The number of carbonyl (C=O) groups excluding carboxylic acids is 1. The Morgan fingerprint density at radius 3 is 2.12 bits per heavy atom. The van der Waals surface area contributed by atoms with E-state index in [0.29, 0.717) is 6.07 Å². The normalized spacial score (nSPS) is 10.3. The number of ketones is 1. The van der Waals surface area contributed by atoms with E-state index in [4.69, 9.17) is 0 Å². The van der Waals surface area contributed by atoms with Gasteiger partial charge in [0.15, 0.2) is 5.78 Å². The first-order valence-corrected chi connectivity index (χ1v) is 4.84. The molecule has 0 saturated carbocycles. The molecule has 0 unspecified atom stereocenters. The van der Waals surface area contributed by atoms with Crippen LogP contribution in [-0.2, 0) is 0 Å². The number of hydrogen-bond acceptors (Lipinski definition) is 1. The fraction of sp³-hybridized carbons (Fsp3) is 0. The predicted molar refractivity (Wildman–Crippen MR) is 56.2 cm³/mol. The van der Waals surface area contributed by atoms with Gasteiger partial charge in [0.25, 0.3) is 0 Å². The van der Waals surface area contributed by atoms with E-state index in [1.54, 1.807) is 0 Å². The van der Waals surface area contributed by atoms with Gasteiger partial charge in [-0.05, 0) is 24.3 Å². The summed E-state index contributed by atoms with van der Waals surface area (Å²) < 4.78 is 39.3. The van der Waals surface area contributed by atoms with E-state index in [0.717, 1.165) is 18.2 Å². The Balaban J connectivity index is 2.48. The Bertz CT molecular complexity index is 579. The van der Waals surface area contributed by atoms with Gasteiger partial charge in [0, 0.05) is 6.07 Å². The first-order valence-electron chi connectivity index (χ1n) is 4.84. The van der Waals surface area contributed by atoms with Crippen molar-refractivity contribution in [3.8, 4) is 0 Å². The van der Waals surface area contributed by atoms with Gasteiger partial charge in [-0.3, -0.25) is 4.79 Å². The second-order valence-corrected chi connectivity index (χ2v) is 3.43. The van der Waals surface area contributed by atoms with Crippen LogP contribution in [0.1, 0.15) is 15.9 Å². The summed E-state index contributed by atoms with van der Waals surface area (Å²) in [5.41, 5.74) is -0.588. The second kappa shape index (κ2) is 4.41. The van der Waals surface area contributed by atoms with Crippen LogP contribution in [0.4, 0.5) is 13.2 Å². The van der Waals surface area contributed by atoms with E-state index >= 15 is 0 Å². The summed E-state index contributed by atoms with van der Waals surface area (Å²) >= 11 is 0. The molecule has 2 aromatic rings. The summed E-state index contributed by atoms with van der Waals surface area (Å²) in [4.78, 5) is 11.8. The van der Waals surface area contributed by atoms with E-state index in [1.165, 1.54) is 18.2 Å². The van der Waals surface area contributed by atoms with Gasteiger partial charge in [-0.2, -0.15) is 0 Å². The zero-order valence-electron chi connectivity index (χ0n) is 8.58. The molecule has 17 heavy (non-hydrogen) atoms. The van der Waals surface area contributed by atoms with Gasteiger partial charge in [-0.15, -0.1) is 0 Å². The Morgan fingerprint density at radius 2 is 1.47 bits per heavy atom. The molecular weight excluding hydrogens is 229 g/mol. The smallest absolute Gasteiger partial charge is 0.198 e. The minimum Gasteiger partial charge on any atom is -0.288 e. The number of carbonyl (C=O) groups is 1. The highest BCUT2D eigenvalue weighted by Crippen LogP contribution is 2.16. The van der Waals surface area contributed by atoms with Crippen molar-refractivity contribution in [2.75, 3.05) is 0 Å². The highest BCUT2D eigenvalue weighted by atomic mass is 19.1. The SMILES string of the molecule is O=C(c1ccccc1F)c1ccc(F)cc1F. The third kappa shape index (κ3) is 2.20. The lowest BCUT2D eigenvalue weighted by atomic mass is 10.0. The molecular formula is C13H7F3O. The summed E-state index contributed by atoms with van der Waals surface area (Å²) in [5, 5.41) is 0. The van der Waals surface area contributed by atoms with Crippen LogP contribution >= 0.6 is 0 Å². The number of hydrogen-bond donors (Lipinski definition) is 0. The fourth-order valence-corrected chi connectivity index (χ4v) is 1.46. The van der Waals surface area contributed by atoms with Gasteiger partial charge < -0.3 is 0 Å². The molecule has 4 heteroatoms. The van der Waals surface area contributed by atoms with E-state index < -0.39 is 23.2 Å². The molecule has 2 aromatic carbocycles. The Labute approximate surface area is 95.5 Å². The maximum atomic E-state index is 13.3. The van der Waals surface area contributed by atoms with Gasteiger partial charge in [-0.25, -0.2) is 13.2 Å². The van der Waals surface area contributed by atoms with Crippen molar-refractivity contribution in [3.05, 3.63) is 71.0 Å². The second-order valence-electron chi connectivity index (χ2n) is 3.43. The molecule has 0 aliphatic rings. The molecule has 0 saturated heterocycles. The molecule has 0 N–H and O–H groups in total. The van der Waals surface area contributed by atoms with Crippen LogP contribution in [0.15, 0.2) is 42.5 Å². The topological polar surface area (TPSA) is 17.1 Å². The van der Waals surface area contributed by atoms with Crippen LogP contribution in [0, 0.1) is 17.5 Å². The molecule has 0 bridgehead atoms. The molecule has 0 fully saturated rings. The zero-order chi connectivity index (χ0) is 12.4. The lowest BCUT2D eigenvalue weighted by Crippen LogP contribution is -2.06. The van der Waals surface area contributed by atoms with Crippen molar-refractivity contribution < 1.29 is 18.0 Å². The molecule has 86 valence electrons. The van der Waals surface area contributed by atoms with Crippen LogP contribution in [0.5, 0.6) is 0 Å². The standard InChI is InChI=1S/C13H7F3O/c14-8-5-6-10(12(16)7-8)13(17)9-3-1-2-4-11(9)15/h1-7H. The molecule has 0 aromatic heterocycles. The Hall–Kier alpha value is -2.10.